The highest BCUT2D eigenvalue weighted by molar-refractivity contribution is 6.24. The Hall–Kier alpha value is -9.30. The molecule has 0 heterocycles. The number of benzene rings is 6. The first-order valence-corrected chi connectivity index (χ1v) is 25.4. The average Bonchev–Trinajstić information content (AvgIpc) is 3.54. The number of carbonyl (C=O) groups excluding carboxylic acids is 8. The standard InChI is InChI=1S/C64H56O14/c1-37(2)63(71)75-29-27-73-57(65)23-25-59(67)77-47-21-19-41-15-17-43(31-45(41)33-47)39(5)53-35-55(49-11-7-9-13-51(49)61(53)69)56-36-54(62(70)52-14-10-8-12-50(52)56)40(6)44-18-16-42-20-22-48(34-46(42)32-44)78-60(68)26-24-58(66)74-28-30-76-64(72)38(3)4/h7-22,31-36,39-40H,1,3,23-30H2,2,4-6H3/b56-55+. The minimum atomic E-state index is -0.645. The van der Waals surface area contributed by atoms with Crippen LogP contribution in [0.25, 0.3) is 32.7 Å². The summed E-state index contributed by atoms with van der Waals surface area (Å²) in [6, 6.07) is 37.1. The molecular formula is C64H56O14. The average molecular weight is 1050 g/mol. The number of allylic oxidation sites excluding steroid dienone is 6. The molecule has 2 unspecified atom stereocenters. The summed E-state index contributed by atoms with van der Waals surface area (Å²) in [5.74, 6) is -4.29. The van der Waals surface area contributed by atoms with Gasteiger partial charge in [0, 0.05) is 45.3 Å². The molecule has 0 bridgehead atoms. The minimum Gasteiger partial charge on any atom is -0.462 e. The van der Waals surface area contributed by atoms with Crippen molar-refractivity contribution in [2.75, 3.05) is 26.4 Å². The molecule has 0 radical (unpaired) electrons. The molecule has 2 aliphatic carbocycles. The highest BCUT2D eigenvalue weighted by Gasteiger charge is 2.33. The van der Waals surface area contributed by atoms with Gasteiger partial charge in [0.15, 0.2) is 11.6 Å². The smallest absolute Gasteiger partial charge is 0.333 e. The fourth-order valence-electron chi connectivity index (χ4n) is 9.08. The van der Waals surface area contributed by atoms with Gasteiger partial charge in [-0.15, -0.1) is 0 Å². The van der Waals surface area contributed by atoms with Gasteiger partial charge in [-0.05, 0) is 105 Å². The summed E-state index contributed by atoms with van der Waals surface area (Å²) in [7, 11) is 0. The molecule has 0 spiro atoms. The fourth-order valence-corrected chi connectivity index (χ4v) is 9.08. The number of rotatable bonds is 20. The maximum absolute atomic E-state index is 14.6. The lowest BCUT2D eigenvalue weighted by molar-refractivity contribution is -0.151. The molecule has 6 aromatic rings. The third-order valence-corrected chi connectivity index (χ3v) is 13.3. The van der Waals surface area contributed by atoms with Crippen molar-refractivity contribution in [3.05, 3.63) is 202 Å². The van der Waals surface area contributed by atoms with Crippen LogP contribution in [0.3, 0.4) is 0 Å². The third-order valence-electron chi connectivity index (χ3n) is 13.3. The topological polar surface area (TPSA) is 192 Å². The van der Waals surface area contributed by atoms with Gasteiger partial charge in [0.25, 0.3) is 0 Å². The van der Waals surface area contributed by atoms with E-state index in [2.05, 4.69) is 13.2 Å². The predicted molar refractivity (Wildman–Crippen MR) is 292 cm³/mol. The van der Waals surface area contributed by atoms with Crippen molar-refractivity contribution in [2.24, 2.45) is 0 Å². The summed E-state index contributed by atoms with van der Waals surface area (Å²) in [6.45, 7) is 13.3. The lowest BCUT2D eigenvalue weighted by atomic mass is 9.74. The maximum atomic E-state index is 14.6. The zero-order chi connectivity index (χ0) is 55.6. The van der Waals surface area contributed by atoms with Crippen molar-refractivity contribution >= 4 is 80.1 Å². The SMILES string of the molecule is C=C(C)C(=O)OCCOC(=O)CCC(=O)Oc1ccc2ccc(C(C)C3=C/C(=C4/C=C(C(C)c5ccc6ccc(OC(=O)CCC(=O)OCCOC(=O)C(=C)C)cc6c5)C(=O)c5ccccc54)c4ccccc4C3=O)cc2c1. The Balaban J connectivity index is 1.02. The second kappa shape index (κ2) is 24.6. The molecule has 0 saturated carbocycles. The van der Waals surface area contributed by atoms with E-state index < -0.39 is 47.7 Å². The van der Waals surface area contributed by atoms with E-state index in [9.17, 15) is 38.4 Å². The molecular weight excluding hydrogens is 993 g/mol. The molecule has 2 atom stereocenters. The van der Waals surface area contributed by atoms with Crippen LogP contribution in [0.1, 0.15) is 108 Å². The quantitative estimate of drug-likeness (QED) is 0.0230. The van der Waals surface area contributed by atoms with Crippen molar-refractivity contribution in [2.45, 2.75) is 65.2 Å². The molecule has 78 heavy (non-hydrogen) atoms. The summed E-state index contributed by atoms with van der Waals surface area (Å²) in [4.78, 5) is 102. The van der Waals surface area contributed by atoms with E-state index in [1.54, 1.807) is 24.3 Å². The molecule has 6 aromatic carbocycles. The van der Waals surface area contributed by atoms with Crippen molar-refractivity contribution in [1.29, 1.82) is 0 Å². The molecule has 0 saturated heterocycles. The first kappa shape index (κ1) is 54.9. The number of ketones is 2. The number of esters is 6. The second-order valence-corrected chi connectivity index (χ2v) is 19.0. The summed E-state index contributed by atoms with van der Waals surface area (Å²) in [6.07, 6.45) is 2.94. The summed E-state index contributed by atoms with van der Waals surface area (Å²) < 4.78 is 31.1. The van der Waals surface area contributed by atoms with Crippen LogP contribution < -0.4 is 9.47 Å². The highest BCUT2D eigenvalue weighted by atomic mass is 16.6. The van der Waals surface area contributed by atoms with Crippen molar-refractivity contribution in [3.63, 3.8) is 0 Å². The summed E-state index contributed by atoms with van der Waals surface area (Å²) in [5, 5.41) is 3.26. The Morgan fingerprint density at radius 1 is 0.423 bits per heavy atom. The van der Waals surface area contributed by atoms with Gasteiger partial charge in [0.05, 0.1) is 25.7 Å². The molecule has 0 amide bonds. The molecule has 14 heteroatoms. The van der Waals surface area contributed by atoms with Gasteiger partial charge in [-0.1, -0.05) is 124 Å². The zero-order valence-corrected chi connectivity index (χ0v) is 43.6. The normalized spacial score (nSPS) is 14.4. The van der Waals surface area contributed by atoms with Crippen LogP contribution >= 0.6 is 0 Å². The summed E-state index contributed by atoms with van der Waals surface area (Å²) >= 11 is 0. The van der Waals surface area contributed by atoms with Crippen LogP contribution in [-0.4, -0.2) is 73.8 Å². The molecule has 0 aliphatic heterocycles. The van der Waals surface area contributed by atoms with E-state index >= 15 is 0 Å². The van der Waals surface area contributed by atoms with E-state index in [1.165, 1.54) is 13.8 Å². The molecule has 0 N–H and O–H groups in total. The summed E-state index contributed by atoms with van der Waals surface area (Å²) in [5.41, 5.74) is 7.28. The van der Waals surface area contributed by atoms with E-state index in [1.807, 2.05) is 123 Å². The molecule has 0 fully saturated rings. The van der Waals surface area contributed by atoms with Crippen molar-refractivity contribution in [1.82, 2.24) is 0 Å². The molecule has 0 aromatic heterocycles. The van der Waals surface area contributed by atoms with Crippen LogP contribution in [-0.2, 0) is 47.7 Å². The molecule has 2 aliphatic rings. The Labute approximate surface area is 450 Å². The third kappa shape index (κ3) is 13.0. The Bertz CT molecular complexity index is 3340. The van der Waals surface area contributed by atoms with Gasteiger partial charge in [0.2, 0.25) is 0 Å². The number of ether oxygens (including phenoxy) is 6. The first-order valence-electron chi connectivity index (χ1n) is 25.4. The van der Waals surface area contributed by atoms with Crippen LogP contribution in [0.15, 0.2) is 169 Å². The lowest BCUT2D eigenvalue weighted by Gasteiger charge is -2.28. The van der Waals surface area contributed by atoms with Crippen molar-refractivity contribution < 1.29 is 66.8 Å². The first-order chi connectivity index (χ1) is 37.4. The lowest BCUT2D eigenvalue weighted by Crippen LogP contribution is -2.19. The molecule has 14 nitrogen and oxygen atoms in total. The van der Waals surface area contributed by atoms with E-state index in [0.717, 1.165) is 54.9 Å². The molecule has 396 valence electrons. The Morgan fingerprint density at radius 2 is 0.769 bits per heavy atom. The van der Waals surface area contributed by atoms with Crippen LogP contribution in [0.2, 0.25) is 0 Å². The van der Waals surface area contributed by atoms with Crippen LogP contribution in [0, 0.1) is 0 Å². The maximum Gasteiger partial charge on any atom is 0.333 e. The van der Waals surface area contributed by atoms with Gasteiger partial charge in [-0.25, -0.2) is 9.59 Å². The monoisotopic (exact) mass is 1050 g/mol. The highest BCUT2D eigenvalue weighted by Crippen LogP contribution is 2.45. The van der Waals surface area contributed by atoms with Gasteiger partial charge >= 0.3 is 35.8 Å². The number of fused-ring (bicyclic) bond motifs is 4. The Kier molecular flexibility index (Phi) is 17.3. The predicted octanol–water partition coefficient (Wildman–Crippen LogP) is 11.5. The van der Waals surface area contributed by atoms with Gasteiger partial charge in [-0.2, -0.15) is 0 Å². The number of hydrogen-bond donors (Lipinski definition) is 0. The van der Waals surface area contributed by atoms with E-state index in [4.69, 9.17) is 28.4 Å². The molecule has 8 rings (SSSR count). The van der Waals surface area contributed by atoms with Gasteiger partial charge in [-0.3, -0.25) is 28.8 Å². The van der Waals surface area contributed by atoms with Crippen LogP contribution in [0.4, 0.5) is 0 Å². The van der Waals surface area contributed by atoms with Crippen LogP contribution in [0.5, 0.6) is 11.5 Å². The minimum absolute atomic E-state index is 0.131. The Morgan fingerprint density at radius 3 is 1.15 bits per heavy atom. The fraction of sp³-hybridized carbons (Fsp3) is 0.219. The van der Waals surface area contributed by atoms with E-state index in [0.29, 0.717) is 22.3 Å². The van der Waals surface area contributed by atoms with Gasteiger partial charge < -0.3 is 28.4 Å². The number of Topliss-reactive ketones (excluding diaryl/α,β-unsaturated/α-hetero) is 2. The zero-order valence-electron chi connectivity index (χ0n) is 43.6. The van der Waals surface area contributed by atoms with Crippen molar-refractivity contribution in [3.8, 4) is 11.5 Å². The second-order valence-electron chi connectivity index (χ2n) is 19.0. The largest absolute Gasteiger partial charge is 0.462 e. The number of carbonyl (C=O) groups is 8. The van der Waals surface area contributed by atoms with Gasteiger partial charge in [0.1, 0.15) is 37.9 Å². The number of hydrogen-bond acceptors (Lipinski definition) is 14. The van der Waals surface area contributed by atoms with E-state index in [-0.39, 0.29) is 86.3 Å².